The second kappa shape index (κ2) is 16.5. The summed E-state index contributed by atoms with van der Waals surface area (Å²) in [5, 5.41) is 3.40. The van der Waals surface area contributed by atoms with Gasteiger partial charge in [-0.25, -0.2) is 4.39 Å². The van der Waals surface area contributed by atoms with E-state index in [0.29, 0.717) is 18.5 Å². The summed E-state index contributed by atoms with van der Waals surface area (Å²) in [4.78, 5) is 7.10. The average Bonchev–Trinajstić information content (AvgIpc) is 2.75. The molecule has 0 aromatic heterocycles. The van der Waals surface area contributed by atoms with Crippen LogP contribution in [0.3, 0.4) is 0 Å². The number of guanidine groups is 1. The number of rotatable bonds is 12. The molecule has 0 aliphatic carbocycles. The minimum absolute atomic E-state index is 0. The molecule has 172 valence electrons. The molecule has 0 amide bonds. The number of nitrogens with one attached hydrogen (secondary N) is 1. The Kier molecular flexibility index (Phi) is 14.8. The van der Waals surface area contributed by atoms with Crippen LogP contribution >= 0.6 is 24.0 Å². The molecular formula is C22H37FIN3O3. The van der Waals surface area contributed by atoms with Gasteiger partial charge >= 0.3 is 0 Å². The Morgan fingerprint density at radius 3 is 2.50 bits per heavy atom. The second-order valence-corrected chi connectivity index (χ2v) is 7.15. The standard InChI is InChI=1S/C22H36FN3O3.HI/c1-3-24-22(26-14-11-21(12-15-26)29-18-6-16-27-2)25-13-4-5-17-28-20-9-7-19(23)8-10-20;/h7-10,21H,3-6,11-18H2,1-2H3,(H,24,25);1H. The number of hydrogen-bond acceptors (Lipinski definition) is 4. The molecule has 8 heteroatoms. The van der Waals surface area contributed by atoms with Crippen molar-refractivity contribution in [3.8, 4) is 5.75 Å². The fraction of sp³-hybridized carbons (Fsp3) is 0.682. The van der Waals surface area contributed by atoms with E-state index >= 15 is 0 Å². The molecule has 1 saturated heterocycles. The van der Waals surface area contributed by atoms with E-state index in [9.17, 15) is 4.39 Å². The number of hydrogen-bond donors (Lipinski definition) is 1. The third kappa shape index (κ3) is 10.8. The fourth-order valence-corrected chi connectivity index (χ4v) is 3.23. The molecular weight excluding hydrogens is 500 g/mol. The molecule has 1 aromatic carbocycles. The van der Waals surface area contributed by atoms with Crippen LogP contribution in [-0.2, 0) is 9.47 Å². The molecule has 1 N–H and O–H groups in total. The summed E-state index contributed by atoms with van der Waals surface area (Å²) in [6.45, 7) is 7.80. The Morgan fingerprint density at radius 2 is 1.83 bits per heavy atom. The summed E-state index contributed by atoms with van der Waals surface area (Å²) in [5.41, 5.74) is 0. The van der Waals surface area contributed by atoms with E-state index in [1.54, 1.807) is 19.2 Å². The number of benzene rings is 1. The maximum atomic E-state index is 12.9. The average molecular weight is 537 g/mol. The van der Waals surface area contributed by atoms with Gasteiger partial charge in [-0.15, -0.1) is 24.0 Å². The van der Waals surface area contributed by atoms with Crippen molar-refractivity contribution in [3.05, 3.63) is 30.1 Å². The Labute approximate surface area is 197 Å². The van der Waals surface area contributed by atoms with Gasteiger partial charge < -0.3 is 24.4 Å². The zero-order valence-corrected chi connectivity index (χ0v) is 20.6. The summed E-state index contributed by atoms with van der Waals surface area (Å²) in [7, 11) is 1.72. The molecule has 0 saturated carbocycles. The summed E-state index contributed by atoms with van der Waals surface area (Å²) < 4.78 is 29.5. The Balaban J connectivity index is 0.00000450. The Bertz CT molecular complexity index is 581. The van der Waals surface area contributed by atoms with Crippen LogP contribution in [0.4, 0.5) is 4.39 Å². The van der Waals surface area contributed by atoms with E-state index < -0.39 is 0 Å². The van der Waals surface area contributed by atoms with E-state index in [-0.39, 0.29) is 29.8 Å². The number of ether oxygens (including phenoxy) is 3. The van der Waals surface area contributed by atoms with Crippen molar-refractivity contribution in [3.63, 3.8) is 0 Å². The first-order valence-electron chi connectivity index (χ1n) is 10.7. The molecule has 6 nitrogen and oxygen atoms in total. The van der Waals surface area contributed by atoms with Crippen molar-refractivity contribution in [1.29, 1.82) is 0 Å². The van der Waals surface area contributed by atoms with Crippen LogP contribution in [0.2, 0.25) is 0 Å². The van der Waals surface area contributed by atoms with Crippen LogP contribution in [0, 0.1) is 5.82 Å². The molecule has 2 rings (SSSR count). The number of nitrogens with zero attached hydrogens (tertiary/aromatic N) is 2. The summed E-state index contributed by atoms with van der Waals surface area (Å²) >= 11 is 0. The fourth-order valence-electron chi connectivity index (χ4n) is 3.23. The summed E-state index contributed by atoms with van der Waals surface area (Å²) in [5.74, 6) is 1.45. The number of halogens is 2. The van der Waals surface area contributed by atoms with Crippen LogP contribution in [0.1, 0.15) is 39.0 Å². The van der Waals surface area contributed by atoms with Crippen LogP contribution in [0.25, 0.3) is 0 Å². The topological polar surface area (TPSA) is 55.3 Å². The highest BCUT2D eigenvalue weighted by Gasteiger charge is 2.21. The monoisotopic (exact) mass is 537 g/mol. The zero-order chi connectivity index (χ0) is 20.7. The lowest BCUT2D eigenvalue weighted by molar-refractivity contribution is 0.00990. The molecule has 0 radical (unpaired) electrons. The normalized spacial score (nSPS) is 15.0. The van der Waals surface area contributed by atoms with Crippen LogP contribution in [0.15, 0.2) is 29.3 Å². The van der Waals surface area contributed by atoms with Crippen molar-refractivity contribution in [2.24, 2.45) is 4.99 Å². The van der Waals surface area contributed by atoms with Crippen LogP contribution in [-0.4, -0.2) is 70.1 Å². The highest BCUT2D eigenvalue weighted by Crippen LogP contribution is 2.15. The summed E-state index contributed by atoms with van der Waals surface area (Å²) in [6, 6.07) is 6.13. The predicted octanol–water partition coefficient (Wildman–Crippen LogP) is 4.09. The lowest BCUT2D eigenvalue weighted by Crippen LogP contribution is -2.47. The van der Waals surface area contributed by atoms with Crippen LogP contribution in [0.5, 0.6) is 5.75 Å². The molecule has 0 bridgehead atoms. The van der Waals surface area contributed by atoms with Gasteiger partial charge in [0, 0.05) is 46.5 Å². The lowest BCUT2D eigenvalue weighted by Gasteiger charge is -2.34. The Morgan fingerprint density at radius 1 is 1.10 bits per heavy atom. The molecule has 0 spiro atoms. The first-order chi connectivity index (χ1) is 14.2. The highest BCUT2D eigenvalue weighted by atomic mass is 127. The van der Waals surface area contributed by atoms with Gasteiger partial charge in [0.15, 0.2) is 5.96 Å². The van der Waals surface area contributed by atoms with Gasteiger partial charge in [0.1, 0.15) is 11.6 Å². The molecule has 0 atom stereocenters. The van der Waals surface area contributed by atoms with Crippen molar-refractivity contribution in [2.75, 3.05) is 53.1 Å². The van der Waals surface area contributed by atoms with E-state index in [0.717, 1.165) is 77.5 Å². The van der Waals surface area contributed by atoms with Crippen molar-refractivity contribution < 1.29 is 18.6 Å². The van der Waals surface area contributed by atoms with Gasteiger partial charge in [0.25, 0.3) is 0 Å². The first-order valence-corrected chi connectivity index (χ1v) is 10.7. The minimum atomic E-state index is -0.246. The van der Waals surface area contributed by atoms with E-state index in [4.69, 9.17) is 19.2 Å². The van der Waals surface area contributed by atoms with Gasteiger partial charge in [-0.05, 0) is 63.3 Å². The van der Waals surface area contributed by atoms with Crippen molar-refractivity contribution in [1.82, 2.24) is 10.2 Å². The number of methoxy groups -OCH3 is 1. The maximum Gasteiger partial charge on any atom is 0.193 e. The largest absolute Gasteiger partial charge is 0.494 e. The SMILES string of the molecule is CCNC(=NCCCCOc1ccc(F)cc1)N1CCC(OCCCOC)CC1.I. The highest BCUT2D eigenvalue weighted by molar-refractivity contribution is 14.0. The minimum Gasteiger partial charge on any atom is -0.494 e. The third-order valence-electron chi connectivity index (χ3n) is 4.82. The number of aliphatic imine (C=N–C) groups is 1. The number of piperidine rings is 1. The van der Waals surface area contributed by atoms with Gasteiger partial charge in [0.05, 0.1) is 12.7 Å². The smallest absolute Gasteiger partial charge is 0.193 e. The maximum absolute atomic E-state index is 12.9. The van der Waals surface area contributed by atoms with Gasteiger partial charge in [0.2, 0.25) is 0 Å². The van der Waals surface area contributed by atoms with E-state index in [2.05, 4.69) is 17.1 Å². The van der Waals surface area contributed by atoms with Gasteiger partial charge in [-0.3, -0.25) is 4.99 Å². The number of unbranched alkanes of at least 4 members (excludes halogenated alkanes) is 1. The van der Waals surface area contributed by atoms with E-state index in [1.807, 2.05) is 0 Å². The quantitative estimate of drug-likeness (QED) is 0.189. The predicted molar refractivity (Wildman–Crippen MR) is 130 cm³/mol. The number of likely N-dealkylation sites (tertiary alicyclic amines) is 1. The first kappa shape index (κ1) is 26.9. The summed E-state index contributed by atoms with van der Waals surface area (Å²) in [6.07, 6.45) is 5.22. The molecule has 1 aliphatic heterocycles. The van der Waals surface area contributed by atoms with Crippen molar-refractivity contribution >= 4 is 29.9 Å². The van der Waals surface area contributed by atoms with Crippen molar-refractivity contribution in [2.45, 2.75) is 45.1 Å². The van der Waals surface area contributed by atoms with Gasteiger partial charge in [-0.1, -0.05) is 0 Å². The molecule has 1 fully saturated rings. The third-order valence-corrected chi connectivity index (χ3v) is 4.82. The Hall–Kier alpha value is -1.13. The molecule has 1 aromatic rings. The second-order valence-electron chi connectivity index (χ2n) is 7.15. The lowest BCUT2D eigenvalue weighted by atomic mass is 10.1. The molecule has 0 unspecified atom stereocenters. The molecule has 1 aliphatic rings. The van der Waals surface area contributed by atoms with Gasteiger partial charge in [-0.2, -0.15) is 0 Å². The molecule has 30 heavy (non-hydrogen) atoms. The van der Waals surface area contributed by atoms with Crippen LogP contribution < -0.4 is 10.1 Å². The zero-order valence-electron chi connectivity index (χ0n) is 18.3. The van der Waals surface area contributed by atoms with E-state index in [1.165, 1.54) is 12.1 Å². The molecule has 1 heterocycles.